The van der Waals surface area contributed by atoms with E-state index in [1.54, 1.807) is 18.2 Å². The lowest BCUT2D eigenvalue weighted by molar-refractivity contribution is 0.350. The number of rotatable bonds is 4. The molecule has 0 aromatic heterocycles. The Balaban J connectivity index is 2.56. The molecule has 0 amide bonds. The quantitative estimate of drug-likeness (QED) is 0.935. The van der Waals surface area contributed by atoms with Gasteiger partial charge in [0.25, 0.3) is 0 Å². The Hall–Kier alpha value is -2.14. The standard InChI is InChI=1S/C15H15F2NO2/c1-19-12-8-3-5-9(15(12)20-2)14(18)13-10(16)6-4-7-11(13)17/h3-8,14H,18H2,1-2H3. The molecule has 1 atom stereocenters. The van der Waals surface area contributed by atoms with E-state index < -0.39 is 17.7 Å². The van der Waals surface area contributed by atoms with Crippen molar-refractivity contribution in [1.82, 2.24) is 0 Å². The molecule has 0 fully saturated rings. The Morgan fingerprint density at radius 1 is 0.950 bits per heavy atom. The molecule has 0 bridgehead atoms. The van der Waals surface area contributed by atoms with E-state index in [0.717, 1.165) is 0 Å². The van der Waals surface area contributed by atoms with Crippen molar-refractivity contribution in [3.8, 4) is 11.5 Å². The summed E-state index contributed by atoms with van der Waals surface area (Å²) < 4.78 is 38.0. The minimum Gasteiger partial charge on any atom is -0.493 e. The van der Waals surface area contributed by atoms with Crippen molar-refractivity contribution in [3.63, 3.8) is 0 Å². The Morgan fingerprint density at radius 2 is 1.55 bits per heavy atom. The average molecular weight is 279 g/mol. The van der Waals surface area contributed by atoms with Gasteiger partial charge in [-0.1, -0.05) is 18.2 Å². The Labute approximate surface area is 115 Å². The van der Waals surface area contributed by atoms with Crippen molar-refractivity contribution < 1.29 is 18.3 Å². The van der Waals surface area contributed by atoms with Crippen LogP contribution < -0.4 is 15.2 Å². The van der Waals surface area contributed by atoms with Crippen molar-refractivity contribution in [2.45, 2.75) is 6.04 Å². The second-order valence-electron chi connectivity index (χ2n) is 4.20. The van der Waals surface area contributed by atoms with Gasteiger partial charge < -0.3 is 15.2 Å². The summed E-state index contributed by atoms with van der Waals surface area (Å²) in [5.74, 6) is -0.563. The number of benzene rings is 2. The van der Waals surface area contributed by atoms with Crippen LogP contribution >= 0.6 is 0 Å². The van der Waals surface area contributed by atoms with Crippen LogP contribution in [0.15, 0.2) is 36.4 Å². The monoisotopic (exact) mass is 279 g/mol. The van der Waals surface area contributed by atoms with E-state index in [4.69, 9.17) is 15.2 Å². The predicted molar refractivity (Wildman–Crippen MR) is 71.9 cm³/mol. The summed E-state index contributed by atoms with van der Waals surface area (Å²) in [4.78, 5) is 0. The van der Waals surface area contributed by atoms with Gasteiger partial charge in [0.2, 0.25) is 0 Å². The lowest BCUT2D eigenvalue weighted by Crippen LogP contribution is -2.16. The Kier molecular flexibility index (Phi) is 4.20. The number of ether oxygens (including phenoxy) is 2. The zero-order valence-electron chi connectivity index (χ0n) is 11.2. The molecule has 0 heterocycles. The molecule has 0 aliphatic rings. The summed E-state index contributed by atoms with van der Waals surface area (Å²) >= 11 is 0. The average Bonchev–Trinajstić information content (AvgIpc) is 2.45. The van der Waals surface area contributed by atoms with E-state index in [2.05, 4.69) is 0 Å². The third kappa shape index (κ3) is 2.44. The summed E-state index contributed by atoms with van der Waals surface area (Å²) in [6, 6.07) is 7.68. The van der Waals surface area contributed by atoms with Crippen molar-refractivity contribution in [1.29, 1.82) is 0 Å². The fourth-order valence-corrected chi connectivity index (χ4v) is 2.12. The molecule has 5 heteroatoms. The molecule has 0 saturated carbocycles. The van der Waals surface area contributed by atoms with Gasteiger partial charge >= 0.3 is 0 Å². The van der Waals surface area contributed by atoms with Crippen LogP contribution in [0.1, 0.15) is 17.2 Å². The maximum Gasteiger partial charge on any atom is 0.165 e. The van der Waals surface area contributed by atoms with Crippen molar-refractivity contribution in [2.24, 2.45) is 5.73 Å². The molecule has 3 nitrogen and oxygen atoms in total. The Morgan fingerprint density at radius 3 is 2.10 bits per heavy atom. The first-order chi connectivity index (χ1) is 9.60. The van der Waals surface area contributed by atoms with Crippen molar-refractivity contribution >= 4 is 0 Å². The second kappa shape index (κ2) is 5.88. The molecule has 2 aromatic carbocycles. The zero-order valence-corrected chi connectivity index (χ0v) is 11.2. The topological polar surface area (TPSA) is 44.5 Å². The highest BCUT2D eigenvalue weighted by atomic mass is 19.1. The summed E-state index contributed by atoms with van der Waals surface area (Å²) in [5.41, 5.74) is 6.26. The number of nitrogens with two attached hydrogens (primary N) is 1. The Bertz CT molecular complexity index is 597. The third-order valence-electron chi connectivity index (χ3n) is 3.08. The van der Waals surface area contributed by atoms with Crippen molar-refractivity contribution in [2.75, 3.05) is 14.2 Å². The highest BCUT2D eigenvalue weighted by molar-refractivity contribution is 5.50. The van der Waals surface area contributed by atoms with E-state index in [1.807, 2.05) is 0 Å². The molecular formula is C15H15F2NO2. The minimum atomic E-state index is -0.985. The van der Waals surface area contributed by atoms with Crippen LogP contribution in [-0.2, 0) is 0 Å². The molecular weight excluding hydrogens is 264 g/mol. The maximum atomic E-state index is 13.8. The number of hydrogen-bond acceptors (Lipinski definition) is 3. The second-order valence-corrected chi connectivity index (χ2v) is 4.20. The van der Waals surface area contributed by atoms with Crippen LogP contribution in [-0.4, -0.2) is 14.2 Å². The number of para-hydroxylation sites is 1. The van der Waals surface area contributed by atoms with E-state index in [0.29, 0.717) is 17.1 Å². The molecule has 0 aliphatic heterocycles. The van der Waals surface area contributed by atoms with Gasteiger partial charge in [0.15, 0.2) is 11.5 Å². The molecule has 106 valence electrons. The lowest BCUT2D eigenvalue weighted by Gasteiger charge is -2.19. The van der Waals surface area contributed by atoms with Crippen LogP contribution in [0, 0.1) is 11.6 Å². The van der Waals surface area contributed by atoms with E-state index in [-0.39, 0.29) is 5.56 Å². The molecule has 2 aromatic rings. The summed E-state index contributed by atoms with van der Waals surface area (Å²) in [6.07, 6.45) is 0. The summed E-state index contributed by atoms with van der Waals surface area (Å²) in [6.45, 7) is 0. The minimum absolute atomic E-state index is 0.195. The van der Waals surface area contributed by atoms with Gasteiger partial charge in [-0.3, -0.25) is 0 Å². The van der Waals surface area contributed by atoms with Crippen LogP contribution in [0.4, 0.5) is 8.78 Å². The number of methoxy groups -OCH3 is 2. The van der Waals surface area contributed by atoms with Gasteiger partial charge in [-0.05, 0) is 18.2 Å². The molecule has 1 unspecified atom stereocenters. The van der Waals surface area contributed by atoms with Gasteiger partial charge in [-0.2, -0.15) is 0 Å². The van der Waals surface area contributed by atoms with E-state index >= 15 is 0 Å². The van der Waals surface area contributed by atoms with Gasteiger partial charge in [0.1, 0.15) is 11.6 Å². The number of hydrogen-bond donors (Lipinski definition) is 1. The highest BCUT2D eigenvalue weighted by Gasteiger charge is 2.22. The van der Waals surface area contributed by atoms with Crippen LogP contribution in [0.2, 0.25) is 0 Å². The lowest BCUT2D eigenvalue weighted by atomic mass is 9.97. The molecule has 2 N–H and O–H groups in total. The first-order valence-corrected chi connectivity index (χ1v) is 6.00. The van der Waals surface area contributed by atoms with Gasteiger partial charge in [-0.25, -0.2) is 8.78 Å². The fourth-order valence-electron chi connectivity index (χ4n) is 2.12. The largest absolute Gasteiger partial charge is 0.493 e. The maximum absolute atomic E-state index is 13.8. The van der Waals surface area contributed by atoms with Gasteiger partial charge in [0.05, 0.1) is 20.3 Å². The van der Waals surface area contributed by atoms with Crippen LogP contribution in [0.5, 0.6) is 11.5 Å². The van der Waals surface area contributed by atoms with E-state index in [9.17, 15) is 8.78 Å². The molecule has 0 radical (unpaired) electrons. The normalized spacial score (nSPS) is 12.1. The molecule has 20 heavy (non-hydrogen) atoms. The first kappa shape index (κ1) is 14.3. The van der Waals surface area contributed by atoms with Gasteiger partial charge in [-0.15, -0.1) is 0 Å². The predicted octanol–water partition coefficient (Wildman–Crippen LogP) is 3.03. The third-order valence-corrected chi connectivity index (χ3v) is 3.08. The molecule has 0 aliphatic carbocycles. The molecule has 0 saturated heterocycles. The highest BCUT2D eigenvalue weighted by Crippen LogP contribution is 2.37. The summed E-state index contributed by atoms with van der Waals surface area (Å²) in [7, 11) is 2.93. The first-order valence-electron chi connectivity index (χ1n) is 6.00. The number of halogens is 2. The molecule has 2 rings (SSSR count). The molecule has 0 spiro atoms. The van der Waals surface area contributed by atoms with E-state index in [1.165, 1.54) is 32.4 Å². The SMILES string of the molecule is COc1cccc(C(N)c2c(F)cccc2F)c1OC. The summed E-state index contributed by atoms with van der Waals surface area (Å²) in [5, 5.41) is 0. The van der Waals surface area contributed by atoms with Gasteiger partial charge in [0, 0.05) is 11.1 Å². The van der Waals surface area contributed by atoms with Crippen LogP contribution in [0.25, 0.3) is 0 Å². The smallest absolute Gasteiger partial charge is 0.165 e. The zero-order chi connectivity index (χ0) is 14.7. The van der Waals surface area contributed by atoms with Crippen molar-refractivity contribution in [3.05, 3.63) is 59.2 Å². The fraction of sp³-hybridized carbons (Fsp3) is 0.200. The van der Waals surface area contributed by atoms with Crippen LogP contribution in [0.3, 0.4) is 0 Å².